The Kier molecular flexibility index (Phi) is 4.97. The van der Waals surface area contributed by atoms with Crippen molar-refractivity contribution in [2.75, 3.05) is 0 Å². The summed E-state index contributed by atoms with van der Waals surface area (Å²) in [4.78, 5) is 32.1. The summed E-state index contributed by atoms with van der Waals surface area (Å²) < 4.78 is 11.5. The molecule has 31 heavy (non-hydrogen) atoms. The molecule has 0 radical (unpaired) electrons. The summed E-state index contributed by atoms with van der Waals surface area (Å²) in [5.74, 6) is 0.190. The molecule has 1 fully saturated rings. The third-order valence-corrected chi connectivity index (χ3v) is 5.47. The van der Waals surface area contributed by atoms with Crippen LogP contribution >= 0.6 is 11.8 Å². The first kappa shape index (κ1) is 19.1. The van der Waals surface area contributed by atoms with Crippen LogP contribution < -0.4 is 10.1 Å². The standard InChI is InChI=1S/C23H15N3O4S/c27-22-20(31-23(28)26-22)8-15-6-7-17(24-11-15)16-9-18-21(30-13-25-18)19(10-16)29-12-14-4-2-1-3-5-14/h1-11,13H,12H2,(H,26,27,28)/b20-8-. The number of amides is 2. The predicted molar refractivity (Wildman–Crippen MR) is 117 cm³/mol. The lowest BCUT2D eigenvalue weighted by molar-refractivity contribution is -0.115. The van der Waals surface area contributed by atoms with Crippen molar-refractivity contribution in [3.8, 4) is 17.0 Å². The van der Waals surface area contributed by atoms with Crippen LogP contribution in [0.5, 0.6) is 5.75 Å². The van der Waals surface area contributed by atoms with Crippen LogP contribution in [0.4, 0.5) is 4.79 Å². The lowest BCUT2D eigenvalue weighted by atomic mass is 10.1. The van der Waals surface area contributed by atoms with Crippen molar-refractivity contribution in [1.82, 2.24) is 15.3 Å². The second-order valence-corrected chi connectivity index (χ2v) is 7.79. The maximum absolute atomic E-state index is 11.7. The lowest BCUT2D eigenvalue weighted by Gasteiger charge is -2.09. The fourth-order valence-electron chi connectivity index (χ4n) is 3.16. The SMILES string of the molecule is O=C1NC(=O)/C(=C/c2ccc(-c3cc(OCc4ccccc4)c4ocnc4c3)nc2)S1. The maximum Gasteiger partial charge on any atom is 0.290 e. The Balaban J connectivity index is 1.43. The Labute approximate surface area is 181 Å². The minimum Gasteiger partial charge on any atom is -0.485 e. The van der Waals surface area contributed by atoms with Crippen molar-refractivity contribution in [1.29, 1.82) is 0 Å². The molecule has 1 saturated heterocycles. The van der Waals surface area contributed by atoms with E-state index in [4.69, 9.17) is 9.15 Å². The number of hydrogen-bond acceptors (Lipinski definition) is 7. The Hall–Kier alpha value is -3.91. The summed E-state index contributed by atoms with van der Waals surface area (Å²) in [6.07, 6.45) is 4.67. The molecule has 152 valence electrons. The summed E-state index contributed by atoms with van der Waals surface area (Å²) in [5.41, 5.74) is 4.56. The number of ether oxygens (including phenoxy) is 1. The molecule has 8 heteroatoms. The minimum absolute atomic E-state index is 0.347. The van der Waals surface area contributed by atoms with Crippen LogP contribution in [0.25, 0.3) is 28.4 Å². The molecule has 0 atom stereocenters. The highest BCUT2D eigenvalue weighted by molar-refractivity contribution is 8.18. The van der Waals surface area contributed by atoms with Crippen molar-refractivity contribution >= 4 is 40.1 Å². The van der Waals surface area contributed by atoms with Crippen LogP contribution in [0.3, 0.4) is 0 Å². The fourth-order valence-corrected chi connectivity index (χ4v) is 3.84. The van der Waals surface area contributed by atoms with Gasteiger partial charge in [0.1, 0.15) is 12.1 Å². The molecule has 1 aliphatic heterocycles. The molecule has 5 rings (SSSR count). The van der Waals surface area contributed by atoms with Gasteiger partial charge in [0, 0.05) is 11.8 Å². The van der Waals surface area contributed by atoms with Gasteiger partial charge >= 0.3 is 0 Å². The van der Waals surface area contributed by atoms with Crippen molar-refractivity contribution in [3.05, 3.63) is 83.2 Å². The maximum atomic E-state index is 11.7. The number of hydrogen-bond donors (Lipinski definition) is 1. The van der Waals surface area contributed by atoms with Crippen LogP contribution in [0, 0.1) is 0 Å². The van der Waals surface area contributed by atoms with Gasteiger partial charge in [0.15, 0.2) is 17.7 Å². The molecule has 0 aliphatic carbocycles. The zero-order valence-corrected chi connectivity index (χ0v) is 16.9. The smallest absolute Gasteiger partial charge is 0.290 e. The Morgan fingerprint density at radius 1 is 1.06 bits per heavy atom. The number of benzene rings is 2. The van der Waals surface area contributed by atoms with E-state index in [-0.39, 0.29) is 5.24 Å². The van der Waals surface area contributed by atoms with E-state index in [1.807, 2.05) is 54.6 Å². The highest BCUT2D eigenvalue weighted by Gasteiger charge is 2.24. The minimum atomic E-state index is -0.393. The number of imide groups is 1. The van der Waals surface area contributed by atoms with Crippen LogP contribution in [-0.4, -0.2) is 21.1 Å². The first-order valence-electron chi connectivity index (χ1n) is 9.41. The highest BCUT2D eigenvalue weighted by Crippen LogP contribution is 2.32. The summed E-state index contributed by atoms with van der Waals surface area (Å²) in [5, 5.41) is 1.86. The molecule has 2 aromatic carbocycles. The number of carbonyl (C=O) groups excluding carboxylic acids is 2. The number of oxazole rings is 1. The molecule has 1 N–H and O–H groups in total. The summed E-state index contributed by atoms with van der Waals surface area (Å²) >= 11 is 0.876. The first-order valence-corrected chi connectivity index (χ1v) is 10.2. The molecular weight excluding hydrogens is 414 g/mol. The predicted octanol–water partition coefficient (Wildman–Crippen LogP) is 4.79. The van der Waals surface area contributed by atoms with E-state index in [2.05, 4.69) is 15.3 Å². The molecule has 1 aliphatic rings. The van der Waals surface area contributed by atoms with E-state index < -0.39 is 5.91 Å². The summed E-state index contributed by atoms with van der Waals surface area (Å²) in [6, 6.07) is 17.3. The molecule has 3 heterocycles. The molecule has 0 unspecified atom stereocenters. The van der Waals surface area contributed by atoms with Gasteiger partial charge in [-0.3, -0.25) is 19.9 Å². The second kappa shape index (κ2) is 8.08. The van der Waals surface area contributed by atoms with Crippen molar-refractivity contribution in [2.45, 2.75) is 6.61 Å². The van der Waals surface area contributed by atoms with Crippen molar-refractivity contribution in [2.24, 2.45) is 0 Å². The van der Waals surface area contributed by atoms with E-state index in [9.17, 15) is 9.59 Å². The largest absolute Gasteiger partial charge is 0.485 e. The second-order valence-electron chi connectivity index (χ2n) is 6.78. The van der Waals surface area contributed by atoms with Crippen molar-refractivity contribution < 1.29 is 18.7 Å². The Morgan fingerprint density at radius 3 is 2.68 bits per heavy atom. The quantitative estimate of drug-likeness (QED) is 0.456. The van der Waals surface area contributed by atoms with E-state index in [1.165, 1.54) is 6.39 Å². The van der Waals surface area contributed by atoms with Crippen LogP contribution in [0.15, 0.2) is 76.5 Å². The van der Waals surface area contributed by atoms with Gasteiger partial charge < -0.3 is 9.15 Å². The monoisotopic (exact) mass is 429 g/mol. The van der Waals surface area contributed by atoms with Crippen LogP contribution in [-0.2, 0) is 11.4 Å². The van der Waals surface area contributed by atoms with Gasteiger partial charge in [-0.05, 0) is 47.2 Å². The fraction of sp³-hybridized carbons (Fsp3) is 0.0435. The number of rotatable bonds is 5. The average Bonchev–Trinajstić information content (AvgIpc) is 3.39. The van der Waals surface area contributed by atoms with Crippen LogP contribution in [0.1, 0.15) is 11.1 Å². The van der Waals surface area contributed by atoms with E-state index in [0.29, 0.717) is 28.4 Å². The average molecular weight is 429 g/mol. The molecule has 2 amide bonds. The third kappa shape index (κ3) is 4.06. The molecule has 0 spiro atoms. The van der Waals surface area contributed by atoms with Gasteiger partial charge in [0.05, 0.1) is 10.6 Å². The molecule has 0 bridgehead atoms. The summed E-state index contributed by atoms with van der Waals surface area (Å²) in [7, 11) is 0. The Bertz CT molecular complexity index is 1310. The van der Waals surface area contributed by atoms with Gasteiger partial charge in [-0.1, -0.05) is 36.4 Å². The van der Waals surface area contributed by atoms with Crippen molar-refractivity contribution in [3.63, 3.8) is 0 Å². The van der Waals surface area contributed by atoms with Gasteiger partial charge in [-0.15, -0.1) is 0 Å². The van der Waals surface area contributed by atoms with Crippen LogP contribution in [0.2, 0.25) is 0 Å². The number of carbonyl (C=O) groups is 2. The van der Waals surface area contributed by atoms with Gasteiger partial charge in [0.2, 0.25) is 0 Å². The first-order chi connectivity index (χ1) is 15.2. The van der Waals surface area contributed by atoms with Gasteiger partial charge in [-0.2, -0.15) is 0 Å². The molecule has 2 aromatic heterocycles. The van der Waals surface area contributed by atoms with E-state index in [1.54, 1.807) is 12.3 Å². The zero-order valence-electron chi connectivity index (χ0n) is 16.1. The number of nitrogens with one attached hydrogen (secondary N) is 1. The number of nitrogens with zero attached hydrogens (tertiary/aromatic N) is 2. The molecular formula is C23H15N3O4S. The normalized spacial score (nSPS) is 14.9. The molecule has 7 nitrogen and oxygen atoms in total. The third-order valence-electron chi connectivity index (χ3n) is 4.66. The number of fused-ring (bicyclic) bond motifs is 1. The number of pyridine rings is 1. The van der Waals surface area contributed by atoms with Gasteiger partial charge in [-0.25, -0.2) is 4.98 Å². The van der Waals surface area contributed by atoms with E-state index >= 15 is 0 Å². The number of aromatic nitrogens is 2. The topological polar surface area (TPSA) is 94.3 Å². The molecule has 0 saturated carbocycles. The zero-order chi connectivity index (χ0) is 21.2. The Morgan fingerprint density at radius 2 is 1.94 bits per heavy atom. The van der Waals surface area contributed by atoms with E-state index in [0.717, 1.165) is 34.1 Å². The lowest BCUT2D eigenvalue weighted by Crippen LogP contribution is -2.17. The summed E-state index contributed by atoms with van der Waals surface area (Å²) in [6.45, 7) is 0.401. The highest BCUT2D eigenvalue weighted by atomic mass is 32.2. The molecule has 4 aromatic rings. The van der Waals surface area contributed by atoms with Gasteiger partial charge in [0.25, 0.3) is 11.1 Å². The number of thioether (sulfide) groups is 1.